The summed E-state index contributed by atoms with van der Waals surface area (Å²) in [4.78, 5) is 11.0. The molecule has 0 fully saturated rings. The zero-order chi connectivity index (χ0) is 10.3. The van der Waals surface area contributed by atoms with Gasteiger partial charge in [-0.05, 0) is 19.8 Å². The van der Waals surface area contributed by atoms with Gasteiger partial charge < -0.3 is 14.9 Å². The van der Waals surface area contributed by atoms with Gasteiger partial charge in [0.25, 0.3) is 0 Å². The number of esters is 1. The molecular weight excluding hydrogens is 172 g/mol. The van der Waals surface area contributed by atoms with Gasteiger partial charge in [-0.3, -0.25) is 0 Å². The Morgan fingerprint density at radius 3 is 2.54 bits per heavy atom. The van der Waals surface area contributed by atoms with Crippen LogP contribution in [0.3, 0.4) is 0 Å². The lowest BCUT2D eigenvalue weighted by molar-refractivity contribution is -0.146. The Morgan fingerprint density at radius 2 is 2.15 bits per heavy atom. The van der Waals surface area contributed by atoms with E-state index in [0.717, 1.165) is 0 Å². The Morgan fingerprint density at radius 1 is 1.54 bits per heavy atom. The summed E-state index contributed by atoms with van der Waals surface area (Å²) in [6, 6.07) is 0. The van der Waals surface area contributed by atoms with Gasteiger partial charge in [-0.15, -0.1) is 0 Å². The van der Waals surface area contributed by atoms with Gasteiger partial charge in [0.15, 0.2) is 0 Å². The molecule has 1 atom stereocenters. The Balaban J connectivity index is 3.83. The fourth-order valence-electron chi connectivity index (χ4n) is 0.758. The molecule has 2 N–H and O–H groups in total. The zero-order valence-electron chi connectivity index (χ0n) is 7.82. The van der Waals surface area contributed by atoms with Crippen molar-refractivity contribution in [3.05, 3.63) is 12.2 Å². The fourth-order valence-corrected chi connectivity index (χ4v) is 0.758. The van der Waals surface area contributed by atoms with Crippen LogP contribution in [-0.2, 0) is 9.53 Å². The van der Waals surface area contributed by atoms with Crippen molar-refractivity contribution < 1.29 is 19.7 Å². The van der Waals surface area contributed by atoms with Gasteiger partial charge in [0.2, 0.25) is 0 Å². The van der Waals surface area contributed by atoms with Gasteiger partial charge in [0.05, 0.1) is 6.61 Å². The van der Waals surface area contributed by atoms with E-state index in [4.69, 9.17) is 14.9 Å². The first kappa shape index (κ1) is 12.1. The molecular formula is C9H16O4. The lowest BCUT2D eigenvalue weighted by atomic mass is 10.2. The Labute approximate surface area is 77.8 Å². The van der Waals surface area contributed by atoms with E-state index >= 15 is 0 Å². The summed E-state index contributed by atoms with van der Waals surface area (Å²) < 4.78 is 4.86. The minimum absolute atomic E-state index is 0.0289. The fraction of sp³-hybridized carbons (Fsp3) is 0.667. The number of hydrogen-bond acceptors (Lipinski definition) is 4. The molecule has 4 nitrogen and oxygen atoms in total. The van der Waals surface area contributed by atoms with E-state index in [-0.39, 0.29) is 13.2 Å². The molecule has 0 aromatic rings. The molecule has 0 aliphatic carbocycles. The molecule has 0 aliphatic heterocycles. The van der Waals surface area contributed by atoms with Crippen LogP contribution in [0.1, 0.15) is 19.8 Å². The van der Waals surface area contributed by atoms with Crippen molar-refractivity contribution in [3.8, 4) is 0 Å². The molecule has 0 aliphatic rings. The third kappa shape index (κ3) is 5.38. The van der Waals surface area contributed by atoms with Crippen LogP contribution in [0.2, 0.25) is 0 Å². The smallest absolute Gasteiger partial charge is 0.333 e. The van der Waals surface area contributed by atoms with Gasteiger partial charge in [-0.2, -0.15) is 0 Å². The predicted octanol–water partition coefficient (Wildman–Crippen LogP) is 0.239. The first-order chi connectivity index (χ1) is 6.11. The molecule has 13 heavy (non-hydrogen) atoms. The second-order valence-electron chi connectivity index (χ2n) is 2.86. The summed E-state index contributed by atoms with van der Waals surface area (Å²) in [6.45, 7) is 4.77. The summed E-state index contributed by atoms with van der Waals surface area (Å²) in [5.74, 6) is -0.503. The van der Waals surface area contributed by atoms with Gasteiger partial charge >= 0.3 is 5.97 Å². The molecule has 0 aromatic heterocycles. The number of carbonyl (C=O) groups excluding carboxylic acids is 1. The average Bonchev–Trinajstić information content (AvgIpc) is 2.11. The first-order valence-corrected chi connectivity index (χ1v) is 4.20. The summed E-state index contributed by atoms with van der Waals surface area (Å²) in [5, 5.41) is 17.3. The highest BCUT2D eigenvalue weighted by Gasteiger charge is 2.12. The molecule has 0 saturated heterocycles. The lowest BCUT2D eigenvalue weighted by Crippen LogP contribution is -2.22. The van der Waals surface area contributed by atoms with Crippen molar-refractivity contribution in [2.45, 2.75) is 25.9 Å². The van der Waals surface area contributed by atoms with E-state index in [1.54, 1.807) is 6.92 Å². The van der Waals surface area contributed by atoms with Crippen molar-refractivity contribution in [2.24, 2.45) is 0 Å². The maximum atomic E-state index is 11.0. The third-order valence-electron chi connectivity index (χ3n) is 1.51. The number of ether oxygens (including phenoxy) is 1. The minimum atomic E-state index is -0.531. The Bertz CT molecular complexity index is 176. The van der Waals surface area contributed by atoms with Crippen LogP contribution in [0.15, 0.2) is 12.2 Å². The van der Waals surface area contributed by atoms with E-state index in [0.29, 0.717) is 18.4 Å². The normalized spacial score (nSPS) is 12.2. The van der Waals surface area contributed by atoms with E-state index in [1.807, 2.05) is 0 Å². The van der Waals surface area contributed by atoms with E-state index < -0.39 is 12.1 Å². The Hall–Kier alpha value is -0.870. The predicted molar refractivity (Wildman–Crippen MR) is 48.1 cm³/mol. The maximum Gasteiger partial charge on any atom is 0.333 e. The Kier molecular flexibility index (Phi) is 6.18. The van der Waals surface area contributed by atoms with Gasteiger partial charge in [-0.25, -0.2) is 4.79 Å². The SMILES string of the molecule is C=C(C)C(=O)OC(CO)CCCO. The van der Waals surface area contributed by atoms with Crippen LogP contribution in [0.25, 0.3) is 0 Å². The van der Waals surface area contributed by atoms with E-state index in [1.165, 1.54) is 0 Å². The number of hydrogen-bond donors (Lipinski definition) is 2. The highest BCUT2D eigenvalue weighted by Crippen LogP contribution is 2.04. The number of carbonyl (C=O) groups is 1. The molecule has 0 bridgehead atoms. The summed E-state index contributed by atoms with van der Waals surface area (Å²) in [5.41, 5.74) is 0.308. The van der Waals surface area contributed by atoms with Crippen LogP contribution < -0.4 is 0 Å². The van der Waals surface area contributed by atoms with Crippen LogP contribution in [0.5, 0.6) is 0 Å². The second kappa shape index (κ2) is 6.62. The second-order valence-corrected chi connectivity index (χ2v) is 2.86. The number of aliphatic hydroxyl groups is 2. The van der Waals surface area contributed by atoms with Crippen molar-refractivity contribution in [3.63, 3.8) is 0 Å². The molecule has 0 heterocycles. The molecule has 0 radical (unpaired) electrons. The van der Waals surface area contributed by atoms with Crippen molar-refractivity contribution >= 4 is 5.97 Å². The molecule has 76 valence electrons. The molecule has 0 aromatic carbocycles. The molecule has 1 unspecified atom stereocenters. The monoisotopic (exact) mass is 188 g/mol. The van der Waals surface area contributed by atoms with Gasteiger partial charge in [-0.1, -0.05) is 6.58 Å². The molecule has 0 saturated carbocycles. The van der Waals surface area contributed by atoms with Gasteiger partial charge in [0.1, 0.15) is 6.10 Å². The zero-order valence-corrected chi connectivity index (χ0v) is 7.82. The topological polar surface area (TPSA) is 66.8 Å². The van der Waals surface area contributed by atoms with E-state index in [9.17, 15) is 4.79 Å². The maximum absolute atomic E-state index is 11.0. The standard InChI is InChI=1S/C9H16O4/c1-7(2)9(12)13-8(6-11)4-3-5-10/h8,10-11H,1,3-6H2,2H3. The summed E-state index contributed by atoms with van der Waals surface area (Å²) in [6.07, 6.45) is 0.442. The van der Waals surface area contributed by atoms with Crippen LogP contribution in [0, 0.1) is 0 Å². The van der Waals surface area contributed by atoms with Crippen LogP contribution >= 0.6 is 0 Å². The van der Waals surface area contributed by atoms with Crippen molar-refractivity contribution in [2.75, 3.05) is 13.2 Å². The largest absolute Gasteiger partial charge is 0.457 e. The molecule has 0 spiro atoms. The highest BCUT2D eigenvalue weighted by atomic mass is 16.6. The van der Waals surface area contributed by atoms with Crippen molar-refractivity contribution in [1.82, 2.24) is 0 Å². The van der Waals surface area contributed by atoms with Crippen LogP contribution in [-0.4, -0.2) is 35.5 Å². The highest BCUT2D eigenvalue weighted by molar-refractivity contribution is 5.87. The van der Waals surface area contributed by atoms with Gasteiger partial charge in [0, 0.05) is 12.2 Å². The third-order valence-corrected chi connectivity index (χ3v) is 1.51. The summed E-state index contributed by atoms with van der Waals surface area (Å²) >= 11 is 0. The quantitative estimate of drug-likeness (QED) is 0.463. The average molecular weight is 188 g/mol. The summed E-state index contributed by atoms with van der Waals surface area (Å²) in [7, 11) is 0. The van der Waals surface area contributed by atoms with Crippen molar-refractivity contribution in [1.29, 1.82) is 0 Å². The molecule has 0 amide bonds. The van der Waals surface area contributed by atoms with Crippen LogP contribution in [0.4, 0.5) is 0 Å². The van der Waals surface area contributed by atoms with E-state index in [2.05, 4.69) is 6.58 Å². The first-order valence-electron chi connectivity index (χ1n) is 4.20. The molecule has 4 heteroatoms. The minimum Gasteiger partial charge on any atom is -0.457 e. The molecule has 0 rings (SSSR count). The number of aliphatic hydroxyl groups excluding tert-OH is 2. The lowest BCUT2D eigenvalue weighted by Gasteiger charge is -2.14. The number of rotatable bonds is 6.